The van der Waals surface area contributed by atoms with E-state index in [0.717, 1.165) is 24.8 Å². The molecule has 5 heteroatoms. The Labute approximate surface area is 133 Å². The monoisotopic (exact) mass is 320 g/mol. The fraction of sp³-hybridized carbons (Fsp3) is 0.312. The van der Waals surface area contributed by atoms with E-state index in [-0.39, 0.29) is 5.41 Å². The van der Waals surface area contributed by atoms with Gasteiger partial charge in [0.05, 0.1) is 15.7 Å². The summed E-state index contributed by atoms with van der Waals surface area (Å²) < 4.78 is 0. The van der Waals surface area contributed by atoms with Crippen molar-refractivity contribution in [1.82, 2.24) is 4.98 Å². The highest BCUT2D eigenvalue weighted by atomic mass is 35.5. The SMILES string of the molecule is O=NC(c1ccccn1)C1(c2ccc(Cl)c(Cl)c2)CCC1. The van der Waals surface area contributed by atoms with Gasteiger partial charge in [-0.25, -0.2) is 0 Å². The van der Waals surface area contributed by atoms with Gasteiger partial charge in [0.2, 0.25) is 0 Å². The summed E-state index contributed by atoms with van der Waals surface area (Å²) in [7, 11) is 0. The van der Waals surface area contributed by atoms with Crippen molar-refractivity contribution in [1.29, 1.82) is 0 Å². The highest BCUT2D eigenvalue weighted by Gasteiger charge is 2.48. The maximum absolute atomic E-state index is 11.5. The summed E-state index contributed by atoms with van der Waals surface area (Å²) in [5, 5.41) is 4.41. The third-order valence-corrected chi connectivity index (χ3v) is 5.08. The first-order chi connectivity index (χ1) is 10.2. The van der Waals surface area contributed by atoms with Gasteiger partial charge in [0.15, 0.2) is 0 Å². The van der Waals surface area contributed by atoms with Crippen molar-refractivity contribution in [3.63, 3.8) is 0 Å². The molecule has 21 heavy (non-hydrogen) atoms. The van der Waals surface area contributed by atoms with Gasteiger partial charge in [-0.2, -0.15) is 4.91 Å². The lowest BCUT2D eigenvalue weighted by atomic mass is 9.59. The Balaban J connectivity index is 2.06. The van der Waals surface area contributed by atoms with Gasteiger partial charge < -0.3 is 0 Å². The van der Waals surface area contributed by atoms with E-state index in [1.165, 1.54) is 0 Å². The Morgan fingerprint density at radius 2 is 1.95 bits per heavy atom. The summed E-state index contributed by atoms with van der Waals surface area (Å²) in [4.78, 5) is 15.8. The first kappa shape index (κ1) is 14.5. The second-order valence-corrected chi connectivity index (χ2v) is 6.22. The number of nitroso groups, excluding NO2 is 1. The summed E-state index contributed by atoms with van der Waals surface area (Å²) >= 11 is 12.1. The zero-order chi connectivity index (χ0) is 14.9. The van der Waals surface area contributed by atoms with Gasteiger partial charge in [0, 0.05) is 11.6 Å². The molecule has 0 saturated heterocycles. The Bertz CT molecular complexity index is 657. The second kappa shape index (κ2) is 5.74. The number of benzene rings is 1. The number of hydrogen-bond donors (Lipinski definition) is 0. The van der Waals surface area contributed by atoms with E-state index in [9.17, 15) is 4.91 Å². The van der Waals surface area contributed by atoms with Crippen LogP contribution in [0.5, 0.6) is 0 Å². The Morgan fingerprint density at radius 1 is 1.14 bits per heavy atom. The van der Waals surface area contributed by atoms with Gasteiger partial charge in [0.25, 0.3) is 0 Å². The van der Waals surface area contributed by atoms with Crippen LogP contribution in [0, 0.1) is 4.91 Å². The smallest absolute Gasteiger partial charge is 0.143 e. The first-order valence-electron chi connectivity index (χ1n) is 6.86. The summed E-state index contributed by atoms with van der Waals surface area (Å²) in [5.41, 5.74) is 1.40. The topological polar surface area (TPSA) is 42.3 Å². The Morgan fingerprint density at radius 3 is 2.48 bits per heavy atom. The van der Waals surface area contributed by atoms with E-state index in [2.05, 4.69) is 10.2 Å². The van der Waals surface area contributed by atoms with E-state index < -0.39 is 6.04 Å². The van der Waals surface area contributed by atoms with E-state index in [0.29, 0.717) is 15.7 Å². The highest BCUT2D eigenvalue weighted by Crippen LogP contribution is 2.54. The lowest BCUT2D eigenvalue weighted by Gasteiger charge is -2.45. The predicted molar refractivity (Wildman–Crippen MR) is 84.8 cm³/mol. The van der Waals surface area contributed by atoms with Crippen molar-refractivity contribution in [2.45, 2.75) is 30.7 Å². The molecule has 1 aromatic carbocycles. The lowest BCUT2D eigenvalue weighted by Crippen LogP contribution is -2.40. The van der Waals surface area contributed by atoms with Crippen molar-refractivity contribution in [3.05, 3.63) is 68.8 Å². The molecule has 0 spiro atoms. The van der Waals surface area contributed by atoms with Gasteiger partial charge in [-0.15, -0.1) is 0 Å². The highest BCUT2D eigenvalue weighted by molar-refractivity contribution is 6.42. The van der Waals surface area contributed by atoms with E-state index in [4.69, 9.17) is 23.2 Å². The molecule has 1 aliphatic carbocycles. The molecule has 2 aromatic rings. The fourth-order valence-electron chi connectivity index (χ4n) is 3.06. The number of hydrogen-bond acceptors (Lipinski definition) is 3. The van der Waals surface area contributed by atoms with Crippen molar-refractivity contribution >= 4 is 23.2 Å². The molecule has 1 aliphatic rings. The van der Waals surface area contributed by atoms with Crippen LogP contribution in [0.4, 0.5) is 0 Å². The largest absolute Gasteiger partial charge is 0.259 e. The molecule has 0 amide bonds. The molecular weight excluding hydrogens is 307 g/mol. The maximum atomic E-state index is 11.5. The molecule has 3 rings (SSSR count). The van der Waals surface area contributed by atoms with Crippen LogP contribution < -0.4 is 0 Å². The summed E-state index contributed by atoms with van der Waals surface area (Å²) in [6.07, 6.45) is 4.56. The van der Waals surface area contributed by atoms with Gasteiger partial charge in [-0.3, -0.25) is 4.98 Å². The quantitative estimate of drug-likeness (QED) is 0.715. The van der Waals surface area contributed by atoms with E-state index >= 15 is 0 Å². The van der Waals surface area contributed by atoms with Crippen LogP contribution in [-0.4, -0.2) is 4.98 Å². The second-order valence-electron chi connectivity index (χ2n) is 5.40. The van der Waals surface area contributed by atoms with Crippen molar-refractivity contribution in [3.8, 4) is 0 Å². The molecule has 1 unspecified atom stereocenters. The van der Waals surface area contributed by atoms with E-state index in [1.54, 1.807) is 12.3 Å². The van der Waals surface area contributed by atoms with Crippen LogP contribution in [0.1, 0.15) is 36.6 Å². The number of aromatic nitrogens is 1. The molecule has 0 aliphatic heterocycles. The molecule has 3 nitrogen and oxygen atoms in total. The van der Waals surface area contributed by atoms with Crippen LogP contribution in [-0.2, 0) is 5.41 Å². The van der Waals surface area contributed by atoms with Crippen molar-refractivity contribution in [2.75, 3.05) is 0 Å². The Kier molecular flexibility index (Phi) is 3.96. The average molecular weight is 321 g/mol. The van der Waals surface area contributed by atoms with Crippen molar-refractivity contribution in [2.24, 2.45) is 5.18 Å². The number of rotatable bonds is 4. The number of pyridine rings is 1. The molecule has 0 N–H and O–H groups in total. The fourth-order valence-corrected chi connectivity index (χ4v) is 3.36. The summed E-state index contributed by atoms with van der Waals surface area (Å²) in [6.45, 7) is 0. The molecule has 1 fully saturated rings. The molecular formula is C16H14Cl2N2O. The normalized spacial score (nSPS) is 17.8. The zero-order valence-electron chi connectivity index (χ0n) is 11.3. The predicted octanol–water partition coefficient (Wildman–Crippen LogP) is 5.32. The minimum absolute atomic E-state index is 0.315. The van der Waals surface area contributed by atoms with E-state index in [1.807, 2.05) is 30.3 Å². The maximum Gasteiger partial charge on any atom is 0.143 e. The third-order valence-electron chi connectivity index (χ3n) is 4.34. The molecule has 1 saturated carbocycles. The average Bonchev–Trinajstić information content (AvgIpc) is 2.47. The molecule has 108 valence electrons. The minimum Gasteiger partial charge on any atom is -0.259 e. The molecule has 1 aromatic heterocycles. The van der Waals surface area contributed by atoms with Gasteiger partial charge in [0.1, 0.15) is 6.04 Å². The van der Waals surface area contributed by atoms with Gasteiger partial charge >= 0.3 is 0 Å². The zero-order valence-corrected chi connectivity index (χ0v) is 12.8. The molecule has 0 radical (unpaired) electrons. The minimum atomic E-state index is -0.496. The van der Waals surface area contributed by atoms with Crippen LogP contribution in [0.3, 0.4) is 0 Å². The summed E-state index contributed by atoms with van der Waals surface area (Å²) in [5.74, 6) is 0. The van der Waals surface area contributed by atoms with Crippen LogP contribution in [0.25, 0.3) is 0 Å². The summed E-state index contributed by atoms with van der Waals surface area (Å²) in [6, 6.07) is 10.6. The third kappa shape index (κ3) is 2.45. The van der Waals surface area contributed by atoms with Gasteiger partial charge in [-0.1, -0.05) is 46.9 Å². The first-order valence-corrected chi connectivity index (χ1v) is 7.62. The lowest BCUT2D eigenvalue weighted by molar-refractivity contribution is 0.194. The standard InChI is InChI=1S/C16H14Cl2N2O/c17-12-6-5-11(10-13(12)18)16(7-3-8-16)15(20-21)14-4-1-2-9-19-14/h1-2,4-6,9-10,15H,3,7-8H2. The number of halogens is 2. The molecule has 1 atom stereocenters. The molecule has 0 bridgehead atoms. The van der Waals surface area contributed by atoms with Crippen LogP contribution in [0.15, 0.2) is 47.8 Å². The van der Waals surface area contributed by atoms with Crippen LogP contribution in [0.2, 0.25) is 10.0 Å². The Hall–Kier alpha value is -1.45. The van der Waals surface area contributed by atoms with Crippen LogP contribution >= 0.6 is 23.2 Å². The van der Waals surface area contributed by atoms with Gasteiger partial charge in [-0.05, 0) is 42.7 Å². The van der Waals surface area contributed by atoms with Crippen molar-refractivity contribution < 1.29 is 0 Å². The number of nitrogens with zero attached hydrogens (tertiary/aromatic N) is 2. The molecule has 1 heterocycles.